The van der Waals surface area contributed by atoms with E-state index in [-0.39, 0.29) is 5.56 Å². The number of aromatic nitrogens is 1. The maximum Gasteiger partial charge on any atom is 0.253 e. The summed E-state index contributed by atoms with van der Waals surface area (Å²) in [6, 6.07) is 0. The summed E-state index contributed by atoms with van der Waals surface area (Å²) in [6.07, 6.45) is 5.64. The van der Waals surface area contributed by atoms with E-state index in [2.05, 4.69) is 15.9 Å². The van der Waals surface area contributed by atoms with E-state index < -0.39 is 0 Å². The number of allylic oxidation sites excluding steroid dienone is 1. The Kier molecular flexibility index (Phi) is 3.09. The first-order valence-electron chi connectivity index (χ1n) is 4.06. The molecule has 70 valence electrons. The molecule has 0 fully saturated rings. The van der Waals surface area contributed by atoms with Gasteiger partial charge in [-0.1, -0.05) is 12.2 Å². The highest BCUT2D eigenvalue weighted by Gasteiger charge is 2.05. The molecule has 13 heavy (non-hydrogen) atoms. The van der Waals surface area contributed by atoms with Gasteiger partial charge < -0.3 is 4.57 Å². The molecule has 0 N–H and O–H groups in total. The maximum atomic E-state index is 11.5. The van der Waals surface area contributed by atoms with Crippen molar-refractivity contribution in [2.24, 2.45) is 7.05 Å². The van der Waals surface area contributed by atoms with Crippen LogP contribution in [0, 0.1) is 6.92 Å². The molecule has 2 nitrogen and oxygen atoms in total. The molecular formula is C10H12BrNO. The molecule has 0 saturated carbocycles. The van der Waals surface area contributed by atoms with E-state index in [0.717, 1.165) is 15.6 Å². The SMILES string of the molecule is C/C=C\c1c(Br)cn(C)c(=O)c1C. The summed E-state index contributed by atoms with van der Waals surface area (Å²) < 4.78 is 2.53. The molecule has 0 spiro atoms. The lowest BCUT2D eigenvalue weighted by molar-refractivity contribution is 0.842. The summed E-state index contributed by atoms with van der Waals surface area (Å²) in [6.45, 7) is 3.77. The molecule has 1 aromatic rings. The molecule has 0 unspecified atom stereocenters. The molecule has 0 aliphatic heterocycles. The van der Waals surface area contributed by atoms with Gasteiger partial charge in [-0.05, 0) is 35.3 Å². The molecule has 0 atom stereocenters. The van der Waals surface area contributed by atoms with Crippen LogP contribution in [0.3, 0.4) is 0 Å². The first-order valence-corrected chi connectivity index (χ1v) is 4.85. The van der Waals surface area contributed by atoms with Gasteiger partial charge in [0, 0.05) is 23.3 Å². The fourth-order valence-electron chi connectivity index (χ4n) is 1.23. The zero-order valence-electron chi connectivity index (χ0n) is 7.97. The highest BCUT2D eigenvalue weighted by atomic mass is 79.9. The fraction of sp³-hybridized carbons (Fsp3) is 0.300. The second-order valence-corrected chi connectivity index (χ2v) is 3.79. The normalized spacial score (nSPS) is 11.1. The standard InChI is InChI=1S/C10H12BrNO/c1-4-5-8-7(2)10(13)12(3)6-9(8)11/h4-6H,1-3H3/b5-4-. The van der Waals surface area contributed by atoms with Gasteiger partial charge in [-0.2, -0.15) is 0 Å². The Balaban J connectivity index is 3.53. The molecule has 0 bridgehead atoms. The number of hydrogen-bond donors (Lipinski definition) is 0. The Morgan fingerprint density at radius 3 is 2.69 bits per heavy atom. The van der Waals surface area contributed by atoms with E-state index in [1.165, 1.54) is 0 Å². The number of aryl methyl sites for hydroxylation is 1. The van der Waals surface area contributed by atoms with Crippen molar-refractivity contribution in [3.63, 3.8) is 0 Å². The van der Waals surface area contributed by atoms with Crippen LogP contribution in [0.25, 0.3) is 6.08 Å². The zero-order chi connectivity index (χ0) is 10.0. The minimum atomic E-state index is 0.0521. The average molecular weight is 242 g/mol. The summed E-state index contributed by atoms with van der Waals surface area (Å²) in [5, 5.41) is 0. The van der Waals surface area contributed by atoms with Crippen molar-refractivity contribution in [3.05, 3.63) is 38.2 Å². The summed E-state index contributed by atoms with van der Waals surface area (Å²) in [7, 11) is 1.75. The van der Waals surface area contributed by atoms with Crippen molar-refractivity contribution < 1.29 is 0 Å². The lowest BCUT2D eigenvalue weighted by Crippen LogP contribution is -2.19. The van der Waals surface area contributed by atoms with Gasteiger partial charge in [0.25, 0.3) is 5.56 Å². The molecule has 0 aliphatic carbocycles. The molecule has 1 rings (SSSR count). The summed E-state index contributed by atoms with van der Waals surface area (Å²) in [4.78, 5) is 11.5. The van der Waals surface area contributed by atoms with Crippen LogP contribution in [0.5, 0.6) is 0 Å². The summed E-state index contributed by atoms with van der Waals surface area (Å²) in [5.74, 6) is 0. The molecule has 0 saturated heterocycles. The van der Waals surface area contributed by atoms with Crippen LogP contribution in [-0.4, -0.2) is 4.57 Å². The van der Waals surface area contributed by atoms with Crippen LogP contribution >= 0.6 is 15.9 Å². The largest absolute Gasteiger partial charge is 0.317 e. The van der Waals surface area contributed by atoms with Gasteiger partial charge >= 0.3 is 0 Å². The predicted molar refractivity (Wildman–Crippen MR) is 58.8 cm³/mol. The molecule has 3 heteroatoms. The molecule has 0 aromatic carbocycles. The third-order valence-corrected chi connectivity index (χ3v) is 2.57. The van der Waals surface area contributed by atoms with Crippen LogP contribution in [0.1, 0.15) is 18.1 Å². The first-order chi connectivity index (χ1) is 6.07. The van der Waals surface area contributed by atoms with E-state index in [9.17, 15) is 4.79 Å². The zero-order valence-corrected chi connectivity index (χ0v) is 9.55. The van der Waals surface area contributed by atoms with E-state index in [4.69, 9.17) is 0 Å². The number of halogens is 1. The van der Waals surface area contributed by atoms with Crippen LogP contribution in [0.4, 0.5) is 0 Å². The minimum absolute atomic E-state index is 0.0521. The lowest BCUT2D eigenvalue weighted by atomic mass is 10.1. The molecular weight excluding hydrogens is 230 g/mol. The Hall–Kier alpha value is -0.830. The third kappa shape index (κ3) is 1.91. The number of nitrogens with zero attached hydrogens (tertiary/aromatic N) is 1. The van der Waals surface area contributed by atoms with Gasteiger partial charge in [0.05, 0.1) is 0 Å². The predicted octanol–water partition coefficient (Wildman–Crippen LogP) is 2.49. The van der Waals surface area contributed by atoms with Gasteiger partial charge in [-0.25, -0.2) is 0 Å². The minimum Gasteiger partial charge on any atom is -0.317 e. The summed E-state index contributed by atoms with van der Waals surface area (Å²) >= 11 is 3.42. The lowest BCUT2D eigenvalue weighted by Gasteiger charge is -2.05. The van der Waals surface area contributed by atoms with Crippen molar-refractivity contribution >= 4 is 22.0 Å². The Bertz CT molecular complexity index is 404. The van der Waals surface area contributed by atoms with E-state index >= 15 is 0 Å². The topological polar surface area (TPSA) is 22.0 Å². The van der Waals surface area contributed by atoms with Crippen molar-refractivity contribution in [2.75, 3.05) is 0 Å². The molecule has 1 heterocycles. The second-order valence-electron chi connectivity index (χ2n) is 2.93. The van der Waals surface area contributed by atoms with Crippen LogP contribution < -0.4 is 5.56 Å². The van der Waals surface area contributed by atoms with Gasteiger partial charge in [-0.15, -0.1) is 0 Å². The molecule has 0 amide bonds. The Morgan fingerprint density at radius 2 is 2.15 bits per heavy atom. The van der Waals surface area contributed by atoms with Crippen LogP contribution in [0.15, 0.2) is 21.5 Å². The van der Waals surface area contributed by atoms with E-state index in [0.29, 0.717) is 0 Å². The van der Waals surface area contributed by atoms with Crippen LogP contribution in [-0.2, 0) is 7.05 Å². The highest BCUT2D eigenvalue weighted by Crippen LogP contribution is 2.18. The van der Waals surface area contributed by atoms with E-state index in [1.807, 2.05) is 26.0 Å². The average Bonchev–Trinajstić information content (AvgIpc) is 2.09. The number of rotatable bonds is 1. The molecule has 0 aliphatic rings. The van der Waals surface area contributed by atoms with Gasteiger partial charge in [-0.3, -0.25) is 4.79 Å². The van der Waals surface area contributed by atoms with E-state index in [1.54, 1.807) is 17.8 Å². The van der Waals surface area contributed by atoms with Gasteiger partial charge in [0.2, 0.25) is 0 Å². The Morgan fingerprint density at radius 1 is 1.54 bits per heavy atom. The smallest absolute Gasteiger partial charge is 0.253 e. The van der Waals surface area contributed by atoms with Crippen molar-refractivity contribution in [3.8, 4) is 0 Å². The van der Waals surface area contributed by atoms with Crippen molar-refractivity contribution in [1.82, 2.24) is 4.57 Å². The quantitative estimate of drug-likeness (QED) is 0.741. The summed E-state index contributed by atoms with van der Waals surface area (Å²) in [5.41, 5.74) is 1.79. The highest BCUT2D eigenvalue weighted by molar-refractivity contribution is 9.10. The van der Waals surface area contributed by atoms with Crippen molar-refractivity contribution in [1.29, 1.82) is 0 Å². The number of hydrogen-bond acceptors (Lipinski definition) is 1. The first kappa shape index (κ1) is 10.3. The molecule has 1 aromatic heterocycles. The number of pyridine rings is 1. The van der Waals surface area contributed by atoms with Crippen molar-refractivity contribution in [2.45, 2.75) is 13.8 Å². The Labute approximate surface area is 86.0 Å². The maximum absolute atomic E-state index is 11.5. The third-order valence-electron chi connectivity index (χ3n) is 1.94. The monoisotopic (exact) mass is 241 g/mol. The van der Waals surface area contributed by atoms with Gasteiger partial charge in [0.15, 0.2) is 0 Å². The van der Waals surface area contributed by atoms with Gasteiger partial charge in [0.1, 0.15) is 0 Å². The fourth-order valence-corrected chi connectivity index (χ4v) is 1.96. The molecule has 0 radical (unpaired) electrons. The second kappa shape index (κ2) is 3.92. The van der Waals surface area contributed by atoms with Crippen LogP contribution in [0.2, 0.25) is 0 Å².